The number of pyridine rings is 1. The lowest BCUT2D eigenvalue weighted by Gasteiger charge is -2.27. The van der Waals surface area contributed by atoms with Crippen molar-refractivity contribution in [1.29, 1.82) is 0 Å². The first kappa shape index (κ1) is 13.6. The van der Waals surface area contributed by atoms with Crippen molar-refractivity contribution in [2.45, 2.75) is 58.0 Å². The molecule has 3 heterocycles. The first-order valence-corrected chi connectivity index (χ1v) is 7.62. The molecule has 3 rings (SSSR count). The molecule has 1 aliphatic rings. The van der Waals surface area contributed by atoms with Gasteiger partial charge in [0.2, 0.25) is 0 Å². The summed E-state index contributed by atoms with van der Waals surface area (Å²) >= 11 is 0. The van der Waals surface area contributed by atoms with Crippen LogP contribution in [0.25, 0.3) is 11.2 Å². The maximum absolute atomic E-state index is 4.83. The average Bonchev–Trinajstić information content (AvgIpc) is 2.77. The van der Waals surface area contributed by atoms with Gasteiger partial charge in [0.05, 0.1) is 0 Å². The molecule has 1 N–H and O–H groups in total. The molecule has 0 spiro atoms. The average molecular weight is 272 g/mol. The standard InChI is InChI=1S/C16H24N4/c1-16(2,3)20-14(11-12-7-4-5-9-17-12)19-13-8-6-10-18-15(13)20/h6,8,10,12,17H,4-5,7,9,11H2,1-3H3. The second kappa shape index (κ2) is 5.17. The van der Waals surface area contributed by atoms with Crippen LogP contribution in [0.4, 0.5) is 0 Å². The second-order valence-electron chi connectivity index (χ2n) is 6.73. The number of hydrogen-bond donors (Lipinski definition) is 1. The van der Waals surface area contributed by atoms with Gasteiger partial charge in [-0.15, -0.1) is 0 Å². The molecule has 1 saturated heterocycles. The van der Waals surface area contributed by atoms with E-state index in [4.69, 9.17) is 4.98 Å². The van der Waals surface area contributed by atoms with Gasteiger partial charge in [-0.3, -0.25) is 0 Å². The summed E-state index contributed by atoms with van der Waals surface area (Å²) in [7, 11) is 0. The fourth-order valence-electron chi connectivity index (χ4n) is 3.12. The smallest absolute Gasteiger partial charge is 0.160 e. The van der Waals surface area contributed by atoms with E-state index in [1.54, 1.807) is 0 Å². The number of piperidine rings is 1. The minimum atomic E-state index is 0.00705. The molecule has 0 amide bonds. The molecule has 0 aromatic carbocycles. The van der Waals surface area contributed by atoms with E-state index >= 15 is 0 Å². The van der Waals surface area contributed by atoms with E-state index in [2.05, 4.69) is 41.7 Å². The summed E-state index contributed by atoms with van der Waals surface area (Å²) in [6.07, 6.45) is 6.72. The first-order valence-electron chi connectivity index (χ1n) is 7.62. The Morgan fingerprint density at radius 2 is 2.20 bits per heavy atom. The molecule has 2 aromatic heterocycles. The molecule has 0 saturated carbocycles. The van der Waals surface area contributed by atoms with Gasteiger partial charge in [0.1, 0.15) is 11.3 Å². The van der Waals surface area contributed by atoms with Crippen molar-refractivity contribution < 1.29 is 0 Å². The molecule has 0 bridgehead atoms. The molecule has 20 heavy (non-hydrogen) atoms. The third-order valence-electron chi connectivity index (χ3n) is 4.00. The summed E-state index contributed by atoms with van der Waals surface area (Å²) in [5, 5.41) is 3.62. The summed E-state index contributed by atoms with van der Waals surface area (Å²) in [6, 6.07) is 4.58. The largest absolute Gasteiger partial charge is 0.314 e. The molecular weight excluding hydrogens is 248 g/mol. The number of hydrogen-bond acceptors (Lipinski definition) is 3. The third kappa shape index (κ3) is 2.57. The summed E-state index contributed by atoms with van der Waals surface area (Å²) in [5.74, 6) is 1.16. The van der Waals surface area contributed by atoms with E-state index in [0.29, 0.717) is 6.04 Å². The van der Waals surface area contributed by atoms with E-state index in [1.165, 1.54) is 19.3 Å². The fourth-order valence-corrected chi connectivity index (χ4v) is 3.12. The van der Waals surface area contributed by atoms with E-state index in [1.807, 2.05) is 12.3 Å². The number of imidazole rings is 1. The monoisotopic (exact) mass is 272 g/mol. The minimum absolute atomic E-state index is 0.00705. The number of rotatable bonds is 2. The zero-order valence-corrected chi connectivity index (χ0v) is 12.7. The molecule has 0 radical (unpaired) electrons. The van der Waals surface area contributed by atoms with Crippen molar-refractivity contribution in [3.8, 4) is 0 Å². The number of nitrogens with one attached hydrogen (secondary N) is 1. The van der Waals surface area contributed by atoms with Crippen molar-refractivity contribution in [3.05, 3.63) is 24.2 Å². The molecule has 1 atom stereocenters. The van der Waals surface area contributed by atoms with Crippen LogP contribution in [0.2, 0.25) is 0 Å². The van der Waals surface area contributed by atoms with Crippen LogP contribution >= 0.6 is 0 Å². The van der Waals surface area contributed by atoms with E-state index in [-0.39, 0.29) is 5.54 Å². The van der Waals surface area contributed by atoms with Crippen LogP contribution in [-0.4, -0.2) is 27.1 Å². The highest BCUT2D eigenvalue weighted by Gasteiger charge is 2.24. The van der Waals surface area contributed by atoms with Gasteiger partial charge >= 0.3 is 0 Å². The van der Waals surface area contributed by atoms with Crippen LogP contribution in [0.15, 0.2) is 18.3 Å². The van der Waals surface area contributed by atoms with Crippen LogP contribution in [0.5, 0.6) is 0 Å². The lowest BCUT2D eigenvalue weighted by Crippen LogP contribution is -2.37. The zero-order chi connectivity index (χ0) is 14.2. The molecular formula is C16H24N4. The first-order chi connectivity index (χ1) is 9.55. The fraction of sp³-hybridized carbons (Fsp3) is 0.625. The quantitative estimate of drug-likeness (QED) is 0.914. The topological polar surface area (TPSA) is 42.7 Å². The van der Waals surface area contributed by atoms with Crippen LogP contribution in [0.1, 0.15) is 45.9 Å². The van der Waals surface area contributed by atoms with Crippen molar-refractivity contribution in [2.75, 3.05) is 6.54 Å². The van der Waals surface area contributed by atoms with Crippen LogP contribution < -0.4 is 5.32 Å². The second-order valence-corrected chi connectivity index (χ2v) is 6.73. The molecule has 4 nitrogen and oxygen atoms in total. The SMILES string of the molecule is CC(C)(C)n1c(CC2CCCCN2)nc2cccnc21. The number of aromatic nitrogens is 3. The van der Waals surface area contributed by atoms with Crippen LogP contribution in [0.3, 0.4) is 0 Å². The Hall–Kier alpha value is -1.42. The zero-order valence-electron chi connectivity index (χ0n) is 12.7. The predicted octanol–water partition coefficient (Wildman–Crippen LogP) is 2.87. The van der Waals surface area contributed by atoms with Crippen molar-refractivity contribution in [1.82, 2.24) is 19.9 Å². The molecule has 108 valence electrons. The highest BCUT2D eigenvalue weighted by molar-refractivity contribution is 5.71. The van der Waals surface area contributed by atoms with E-state index < -0.39 is 0 Å². The van der Waals surface area contributed by atoms with Gasteiger partial charge in [0.15, 0.2) is 5.65 Å². The number of fused-ring (bicyclic) bond motifs is 1. The minimum Gasteiger partial charge on any atom is -0.314 e. The van der Waals surface area contributed by atoms with Gasteiger partial charge < -0.3 is 9.88 Å². The summed E-state index contributed by atoms with van der Waals surface area (Å²) in [4.78, 5) is 9.38. The maximum atomic E-state index is 4.83. The number of nitrogens with zero attached hydrogens (tertiary/aromatic N) is 3. The van der Waals surface area contributed by atoms with Gasteiger partial charge in [-0.2, -0.15) is 0 Å². The summed E-state index contributed by atoms with van der Waals surface area (Å²) in [5.41, 5.74) is 2.02. The highest BCUT2D eigenvalue weighted by Crippen LogP contribution is 2.25. The van der Waals surface area contributed by atoms with E-state index in [9.17, 15) is 0 Å². The van der Waals surface area contributed by atoms with Crippen molar-refractivity contribution in [2.24, 2.45) is 0 Å². The molecule has 0 aliphatic carbocycles. The third-order valence-corrected chi connectivity index (χ3v) is 4.00. The summed E-state index contributed by atoms with van der Waals surface area (Å²) < 4.78 is 2.30. The molecule has 1 fully saturated rings. The van der Waals surface area contributed by atoms with Crippen molar-refractivity contribution in [3.63, 3.8) is 0 Å². The Kier molecular flexibility index (Phi) is 3.50. The lowest BCUT2D eigenvalue weighted by atomic mass is 10.0. The van der Waals surface area contributed by atoms with Crippen LogP contribution in [-0.2, 0) is 12.0 Å². The Bertz CT molecular complexity index is 588. The van der Waals surface area contributed by atoms with Gasteiger partial charge in [-0.05, 0) is 52.3 Å². The maximum Gasteiger partial charge on any atom is 0.160 e. The Labute approximate surface area is 120 Å². The van der Waals surface area contributed by atoms with E-state index in [0.717, 1.165) is 30.0 Å². The Balaban J connectivity index is 2.00. The Morgan fingerprint density at radius 1 is 1.35 bits per heavy atom. The van der Waals surface area contributed by atoms with Gasteiger partial charge in [-0.1, -0.05) is 6.42 Å². The predicted molar refractivity (Wildman–Crippen MR) is 81.9 cm³/mol. The van der Waals surface area contributed by atoms with Crippen LogP contribution in [0, 0.1) is 0 Å². The molecule has 1 unspecified atom stereocenters. The summed E-state index contributed by atoms with van der Waals surface area (Å²) in [6.45, 7) is 7.81. The van der Waals surface area contributed by atoms with Gasteiger partial charge in [-0.25, -0.2) is 9.97 Å². The molecule has 4 heteroatoms. The normalized spacial score (nSPS) is 20.4. The van der Waals surface area contributed by atoms with Gasteiger partial charge in [0, 0.05) is 24.2 Å². The lowest BCUT2D eigenvalue weighted by molar-refractivity contribution is 0.358. The molecule has 2 aromatic rings. The van der Waals surface area contributed by atoms with Gasteiger partial charge in [0.25, 0.3) is 0 Å². The highest BCUT2D eigenvalue weighted by atomic mass is 15.2. The Morgan fingerprint density at radius 3 is 2.90 bits per heavy atom. The van der Waals surface area contributed by atoms with Crippen molar-refractivity contribution >= 4 is 11.2 Å². The molecule has 1 aliphatic heterocycles.